The lowest BCUT2D eigenvalue weighted by Gasteiger charge is -2.25. The average Bonchev–Trinajstić information content (AvgIpc) is 3.28. The summed E-state index contributed by atoms with van der Waals surface area (Å²) in [6, 6.07) is 14.5. The summed E-state index contributed by atoms with van der Waals surface area (Å²) in [4.78, 5) is 41.9. The molecule has 2 aromatic carbocycles. The van der Waals surface area contributed by atoms with Gasteiger partial charge >= 0.3 is 5.91 Å². The van der Waals surface area contributed by atoms with Crippen molar-refractivity contribution in [1.82, 2.24) is 20.9 Å². The minimum absolute atomic E-state index is 0.0699. The van der Waals surface area contributed by atoms with Crippen molar-refractivity contribution in [3.05, 3.63) is 76.3 Å². The summed E-state index contributed by atoms with van der Waals surface area (Å²) in [6.07, 6.45) is 0.605. The molecule has 3 aromatic rings. The molecule has 1 heterocycles. The fraction of sp³-hybridized carbons (Fsp3) is 0.387. The van der Waals surface area contributed by atoms with Crippen molar-refractivity contribution in [2.45, 2.75) is 46.6 Å². The van der Waals surface area contributed by atoms with E-state index in [0.29, 0.717) is 34.0 Å². The molecule has 41 heavy (non-hydrogen) atoms. The van der Waals surface area contributed by atoms with Crippen molar-refractivity contribution < 1.29 is 24.1 Å². The first-order valence-electron chi connectivity index (χ1n) is 13.6. The minimum atomic E-state index is -0.620. The van der Waals surface area contributed by atoms with Crippen molar-refractivity contribution in [3.8, 4) is 0 Å². The van der Waals surface area contributed by atoms with Gasteiger partial charge in [-0.05, 0) is 63.7 Å². The van der Waals surface area contributed by atoms with Crippen molar-refractivity contribution in [2.24, 2.45) is 5.41 Å². The van der Waals surface area contributed by atoms with E-state index in [1.807, 2.05) is 83.1 Å². The van der Waals surface area contributed by atoms with Gasteiger partial charge in [-0.25, -0.2) is 10.1 Å². The SMILES string of the molecule is CN/C(C[C@H](C)N(C)C)=C(/NC(=O)CC(C)(C)CNC(=O)c1cc(Cl)cc2cc(C)oc12)C(=O)[NH2+]c1ccccc1. The van der Waals surface area contributed by atoms with Crippen LogP contribution in [0.15, 0.2) is 64.3 Å². The summed E-state index contributed by atoms with van der Waals surface area (Å²) in [5.41, 5.74) is 1.78. The van der Waals surface area contributed by atoms with Crippen molar-refractivity contribution in [1.29, 1.82) is 0 Å². The van der Waals surface area contributed by atoms with Crippen LogP contribution in [0, 0.1) is 12.3 Å². The molecular formula is C31H41ClN5O4+. The molecule has 0 saturated carbocycles. The van der Waals surface area contributed by atoms with E-state index in [4.69, 9.17) is 16.0 Å². The maximum atomic E-state index is 13.4. The molecule has 3 rings (SSSR count). The average molecular weight is 583 g/mol. The summed E-state index contributed by atoms with van der Waals surface area (Å²) in [6.45, 7) is 7.83. The second-order valence-corrected chi connectivity index (χ2v) is 11.8. The van der Waals surface area contributed by atoms with Crippen molar-refractivity contribution >= 4 is 46.0 Å². The number of fused-ring (bicyclic) bond motifs is 1. The molecule has 1 aromatic heterocycles. The van der Waals surface area contributed by atoms with Crippen LogP contribution in [0.5, 0.6) is 0 Å². The number of carbonyl (C=O) groups is 3. The first-order valence-corrected chi connectivity index (χ1v) is 14.0. The number of rotatable bonds is 12. The number of nitrogens with two attached hydrogens (primary N) is 1. The molecule has 0 spiro atoms. The third-order valence-electron chi connectivity index (χ3n) is 6.91. The van der Waals surface area contributed by atoms with Crippen molar-refractivity contribution in [2.75, 3.05) is 27.7 Å². The number of primary amides is 1. The summed E-state index contributed by atoms with van der Waals surface area (Å²) in [7, 11) is 5.67. The quantitative estimate of drug-likeness (QED) is 0.190. The molecule has 0 aliphatic heterocycles. The topological polar surface area (TPSA) is 120 Å². The van der Waals surface area contributed by atoms with Gasteiger partial charge in [0, 0.05) is 48.6 Å². The molecule has 0 radical (unpaired) electrons. The lowest BCUT2D eigenvalue weighted by Crippen LogP contribution is -2.83. The van der Waals surface area contributed by atoms with E-state index in [0.717, 1.165) is 11.1 Å². The van der Waals surface area contributed by atoms with Gasteiger partial charge in [0.05, 0.1) is 5.56 Å². The second-order valence-electron chi connectivity index (χ2n) is 11.3. The number of quaternary nitrogens is 1. The Kier molecular flexibility index (Phi) is 10.7. The number of hydrogen-bond acceptors (Lipinski definition) is 6. The largest absolute Gasteiger partial charge is 0.461 e. The fourth-order valence-corrected chi connectivity index (χ4v) is 4.60. The van der Waals surface area contributed by atoms with Crippen LogP contribution < -0.4 is 21.3 Å². The van der Waals surface area contributed by atoms with Gasteiger partial charge in [-0.3, -0.25) is 9.59 Å². The van der Waals surface area contributed by atoms with Crippen LogP contribution in [-0.4, -0.2) is 56.4 Å². The molecule has 0 bridgehead atoms. The predicted octanol–water partition coefficient (Wildman–Crippen LogP) is 3.85. The van der Waals surface area contributed by atoms with Gasteiger partial charge < -0.3 is 25.3 Å². The van der Waals surface area contributed by atoms with E-state index >= 15 is 0 Å². The van der Waals surface area contributed by atoms with Crippen LogP contribution >= 0.6 is 11.6 Å². The number of furan rings is 1. The summed E-state index contributed by atoms with van der Waals surface area (Å²) >= 11 is 6.23. The number of amides is 3. The number of carbonyl (C=O) groups excluding carboxylic acids is 3. The maximum Gasteiger partial charge on any atom is 0.365 e. The van der Waals surface area contributed by atoms with Crippen LogP contribution in [0.4, 0.5) is 5.69 Å². The molecule has 1 atom stereocenters. The second kappa shape index (κ2) is 13.8. The van der Waals surface area contributed by atoms with Crippen LogP contribution in [0.2, 0.25) is 5.02 Å². The molecule has 10 heteroatoms. The highest BCUT2D eigenvalue weighted by atomic mass is 35.5. The van der Waals surface area contributed by atoms with E-state index < -0.39 is 5.41 Å². The zero-order chi connectivity index (χ0) is 30.3. The van der Waals surface area contributed by atoms with Gasteiger partial charge in [0.15, 0.2) is 5.70 Å². The Hall–Kier alpha value is -3.66. The number of aryl methyl sites for hydroxylation is 1. The number of para-hydroxylation sites is 1. The van der Waals surface area contributed by atoms with Crippen molar-refractivity contribution in [3.63, 3.8) is 0 Å². The zero-order valence-corrected chi connectivity index (χ0v) is 25.6. The van der Waals surface area contributed by atoms with Gasteiger partial charge in [-0.2, -0.15) is 0 Å². The normalized spacial score (nSPS) is 13.1. The molecule has 0 aliphatic rings. The highest BCUT2D eigenvalue weighted by molar-refractivity contribution is 6.32. The lowest BCUT2D eigenvalue weighted by molar-refractivity contribution is -0.479. The zero-order valence-electron chi connectivity index (χ0n) is 24.9. The smallest absolute Gasteiger partial charge is 0.365 e. The number of nitrogens with zero attached hydrogens (tertiary/aromatic N) is 1. The Labute approximate surface area is 246 Å². The summed E-state index contributed by atoms with van der Waals surface area (Å²) in [5.74, 6) is -0.295. The van der Waals surface area contributed by atoms with Crippen LogP contribution in [0.25, 0.3) is 11.0 Å². The minimum Gasteiger partial charge on any atom is -0.461 e. The number of nitrogens with one attached hydrogen (secondary N) is 3. The van der Waals surface area contributed by atoms with E-state index in [9.17, 15) is 14.4 Å². The van der Waals surface area contributed by atoms with Gasteiger partial charge in [0.2, 0.25) is 5.91 Å². The molecule has 0 unspecified atom stereocenters. The molecule has 9 nitrogen and oxygen atoms in total. The molecule has 5 N–H and O–H groups in total. The van der Waals surface area contributed by atoms with Gasteiger partial charge in [-0.1, -0.05) is 43.6 Å². The van der Waals surface area contributed by atoms with Crippen LogP contribution in [0.3, 0.4) is 0 Å². The maximum absolute atomic E-state index is 13.4. The highest BCUT2D eigenvalue weighted by Gasteiger charge is 2.28. The first-order chi connectivity index (χ1) is 19.3. The summed E-state index contributed by atoms with van der Waals surface area (Å²) in [5, 5.41) is 11.6. The van der Waals surface area contributed by atoms with E-state index in [-0.39, 0.29) is 42.4 Å². The van der Waals surface area contributed by atoms with Crippen LogP contribution in [0.1, 0.15) is 49.7 Å². The number of benzene rings is 2. The molecule has 0 aliphatic carbocycles. The Bertz CT molecular complexity index is 1430. The Morgan fingerprint density at radius 2 is 1.78 bits per heavy atom. The Balaban J connectivity index is 1.74. The summed E-state index contributed by atoms with van der Waals surface area (Å²) < 4.78 is 5.72. The third kappa shape index (κ3) is 8.91. The Morgan fingerprint density at radius 3 is 2.41 bits per heavy atom. The van der Waals surface area contributed by atoms with E-state index in [1.165, 1.54) is 5.32 Å². The highest BCUT2D eigenvalue weighted by Crippen LogP contribution is 2.27. The third-order valence-corrected chi connectivity index (χ3v) is 7.13. The molecule has 0 fully saturated rings. The number of halogens is 1. The monoisotopic (exact) mass is 582 g/mol. The van der Waals surface area contributed by atoms with E-state index in [2.05, 4.69) is 16.0 Å². The molecule has 220 valence electrons. The van der Waals surface area contributed by atoms with Gasteiger partial charge in [0.1, 0.15) is 17.0 Å². The lowest BCUT2D eigenvalue weighted by atomic mass is 9.88. The fourth-order valence-electron chi connectivity index (χ4n) is 4.38. The van der Waals surface area contributed by atoms with Gasteiger partial charge in [-0.15, -0.1) is 0 Å². The number of hydrogen-bond donors (Lipinski definition) is 4. The predicted molar refractivity (Wildman–Crippen MR) is 162 cm³/mol. The standard InChI is InChI=1S/C31H40ClN5O4/c1-19(37(6)7)13-25(33-5)27(30(40)35-23-11-9-8-10-12-23)36-26(38)17-31(3,4)18-34-29(39)24-16-22(32)15-21-14-20(2)41-28(21)24/h8-12,14-16,19,33H,13,17-18H2,1-7H3,(H,34,39)(H,35,40)(H,36,38)/p+1/b27-25+/t19-/m0/s1. The van der Waals surface area contributed by atoms with Gasteiger partial charge in [0.25, 0.3) is 5.91 Å². The molecular weight excluding hydrogens is 542 g/mol. The molecule has 0 saturated heterocycles. The Morgan fingerprint density at radius 1 is 1.10 bits per heavy atom. The first kappa shape index (κ1) is 31.9. The van der Waals surface area contributed by atoms with E-state index in [1.54, 1.807) is 19.2 Å². The van der Waals surface area contributed by atoms with Crippen LogP contribution in [-0.2, 0) is 9.59 Å². The molecule has 3 amide bonds.